The average Bonchev–Trinajstić information content (AvgIpc) is 2.33. The molecule has 0 unspecified atom stereocenters. The zero-order chi connectivity index (χ0) is 13.5. The molecule has 0 radical (unpaired) electrons. The van der Waals surface area contributed by atoms with Crippen molar-refractivity contribution in [2.24, 2.45) is 5.92 Å². The van der Waals surface area contributed by atoms with Gasteiger partial charge in [-0.15, -0.1) is 0 Å². The molecule has 0 atom stereocenters. The van der Waals surface area contributed by atoms with Gasteiger partial charge in [0.25, 0.3) is 5.91 Å². The van der Waals surface area contributed by atoms with Crippen LogP contribution in [0.2, 0.25) is 0 Å². The molecule has 1 amide bonds. The summed E-state index contributed by atoms with van der Waals surface area (Å²) in [6.07, 6.45) is 0. The summed E-state index contributed by atoms with van der Waals surface area (Å²) in [6.45, 7) is 8.20. The first kappa shape index (κ1) is 14.7. The van der Waals surface area contributed by atoms with Gasteiger partial charge in [0, 0.05) is 25.8 Å². The van der Waals surface area contributed by atoms with Gasteiger partial charge in [0.2, 0.25) is 0 Å². The van der Waals surface area contributed by atoms with E-state index in [0.29, 0.717) is 19.1 Å². The highest BCUT2D eigenvalue weighted by molar-refractivity contribution is 5.94. The van der Waals surface area contributed by atoms with Crippen LogP contribution in [0.1, 0.15) is 29.8 Å². The molecule has 100 valence electrons. The molecule has 18 heavy (non-hydrogen) atoms. The number of amides is 1. The molecular formula is C15H23NO2. The fourth-order valence-electron chi connectivity index (χ4n) is 1.88. The van der Waals surface area contributed by atoms with Crippen molar-refractivity contribution in [1.82, 2.24) is 4.90 Å². The van der Waals surface area contributed by atoms with E-state index >= 15 is 0 Å². The van der Waals surface area contributed by atoms with Crippen molar-refractivity contribution in [1.29, 1.82) is 0 Å². The smallest absolute Gasteiger partial charge is 0.253 e. The molecule has 0 aromatic heterocycles. The van der Waals surface area contributed by atoms with E-state index in [4.69, 9.17) is 4.74 Å². The van der Waals surface area contributed by atoms with E-state index in [9.17, 15) is 4.79 Å². The zero-order valence-corrected chi connectivity index (χ0v) is 11.8. The Morgan fingerprint density at radius 3 is 2.67 bits per heavy atom. The van der Waals surface area contributed by atoms with Crippen molar-refractivity contribution in [2.45, 2.75) is 20.8 Å². The fraction of sp³-hybridized carbons (Fsp3) is 0.533. The summed E-state index contributed by atoms with van der Waals surface area (Å²) in [4.78, 5) is 14.3. The number of ether oxygens (including phenoxy) is 1. The number of hydrogen-bond donors (Lipinski definition) is 0. The van der Waals surface area contributed by atoms with E-state index < -0.39 is 0 Å². The van der Waals surface area contributed by atoms with Gasteiger partial charge in [-0.05, 0) is 25.0 Å². The standard InChI is InChI=1S/C15H23NO2/c1-12(2)11-16(8-9-18-4)15(17)14-7-5-6-13(3)10-14/h5-7,10,12H,8-9,11H2,1-4H3. The number of methoxy groups -OCH3 is 1. The molecule has 0 aliphatic carbocycles. The number of rotatable bonds is 6. The molecule has 0 bridgehead atoms. The fourth-order valence-corrected chi connectivity index (χ4v) is 1.88. The Morgan fingerprint density at radius 1 is 1.39 bits per heavy atom. The summed E-state index contributed by atoms with van der Waals surface area (Å²) in [5, 5.41) is 0. The molecule has 1 aromatic rings. The number of benzene rings is 1. The molecule has 0 fully saturated rings. The Bertz CT molecular complexity index is 388. The van der Waals surface area contributed by atoms with Crippen LogP contribution in [0.15, 0.2) is 24.3 Å². The highest BCUT2D eigenvalue weighted by Crippen LogP contribution is 2.09. The van der Waals surface area contributed by atoms with E-state index in [1.165, 1.54) is 0 Å². The number of aryl methyl sites for hydroxylation is 1. The number of hydrogen-bond acceptors (Lipinski definition) is 2. The lowest BCUT2D eigenvalue weighted by Crippen LogP contribution is -2.36. The lowest BCUT2D eigenvalue weighted by molar-refractivity contribution is 0.0672. The number of carbonyl (C=O) groups is 1. The second kappa shape index (κ2) is 7.17. The second-order valence-corrected chi connectivity index (χ2v) is 5.01. The molecule has 3 heteroatoms. The van der Waals surface area contributed by atoms with Crippen LogP contribution < -0.4 is 0 Å². The first-order valence-electron chi connectivity index (χ1n) is 6.39. The van der Waals surface area contributed by atoms with E-state index in [2.05, 4.69) is 13.8 Å². The summed E-state index contributed by atoms with van der Waals surface area (Å²) < 4.78 is 5.07. The lowest BCUT2D eigenvalue weighted by atomic mass is 10.1. The van der Waals surface area contributed by atoms with Crippen molar-refractivity contribution < 1.29 is 9.53 Å². The van der Waals surface area contributed by atoms with Crippen molar-refractivity contribution >= 4 is 5.91 Å². The predicted molar refractivity (Wildman–Crippen MR) is 73.8 cm³/mol. The molecule has 0 heterocycles. The van der Waals surface area contributed by atoms with Crippen LogP contribution in [0.3, 0.4) is 0 Å². The van der Waals surface area contributed by atoms with Crippen LogP contribution in [0.25, 0.3) is 0 Å². The largest absolute Gasteiger partial charge is 0.383 e. The second-order valence-electron chi connectivity index (χ2n) is 5.01. The third-order valence-corrected chi connectivity index (χ3v) is 2.70. The van der Waals surface area contributed by atoms with E-state index in [1.54, 1.807) is 7.11 Å². The van der Waals surface area contributed by atoms with E-state index in [-0.39, 0.29) is 5.91 Å². The van der Waals surface area contributed by atoms with Gasteiger partial charge in [-0.2, -0.15) is 0 Å². The molecule has 1 aromatic carbocycles. The Morgan fingerprint density at radius 2 is 2.11 bits per heavy atom. The third kappa shape index (κ3) is 4.49. The summed E-state index contributed by atoms with van der Waals surface area (Å²) in [6, 6.07) is 7.73. The SMILES string of the molecule is COCCN(CC(C)C)C(=O)c1cccc(C)c1. The minimum Gasteiger partial charge on any atom is -0.383 e. The van der Waals surface area contributed by atoms with Crippen LogP contribution in [0, 0.1) is 12.8 Å². The number of nitrogens with zero attached hydrogens (tertiary/aromatic N) is 1. The Hall–Kier alpha value is -1.35. The molecule has 0 saturated heterocycles. The van der Waals surface area contributed by atoms with Gasteiger partial charge in [-0.1, -0.05) is 31.5 Å². The molecule has 3 nitrogen and oxygen atoms in total. The highest BCUT2D eigenvalue weighted by Gasteiger charge is 2.16. The quantitative estimate of drug-likeness (QED) is 0.776. The Balaban J connectivity index is 2.80. The zero-order valence-electron chi connectivity index (χ0n) is 11.8. The molecule has 0 aliphatic rings. The molecule has 0 N–H and O–H groups in total. The van der Waals surface area contributed by atoms with Gasteiger partial charge in [0.05, 0.1) is 6.61 Å². The monoisotopic (exact) mass is 249 g/mol. The minimum absolute atomic E-state index is 0.0875. The van der Waals surface area contributed by atoms with Crippen LogP contribution in [-0.4, -0.2) is 37.6 Å². The molecular weight excluding hydrogens is 226 g/mol. The molecule has 0 aliphatic heterocycles. The van der Waals surface area contributed by atoms with E-state index in [1.807, 2.05) is 36.1 Å². The van der Waals surface area contributed by atoms with Gasteiger partial charge in [-0.25, -0.2) is 0 Å². The summed E-state index contributed by atoms with van der Waals surface area (Å²) in [5.74, 6) is 0.542. The molecule has 1 rings (SSSR count). The van der Waals surface area contributed by atoms with Crippen molar-refractivity contribution in [3.05, 3.63) is 35.4 Å². The maximum absolute atomic E-state index is 12.4. The van der Waals surface area contributed by atoms with Gasteiger partial charge >= 0.3 is 0 Å². The van der Waals surface area contributed by atoms with Gasteiger partial charge in [0.15, 0.2) is 0 Å². The summed E-state index contributed by atoms with van der Waals surface area (Å²) in [5.41, 5.74) is 1.86. The first-order chi connectivity index (χ1) is 8.54. The maximum Gasteiger partial charge on any atom is 0.253 e. The van der Waals surface area contributed by atoms with Gasteiger partial charge < -0.3 is 9.64 Å². The van der Waals surface area contributed by atoms with Gasteiger partial charge in [-0.3, -0.25) is 4.79 Å². The maximum atomic E-state index is 12.4. The Kier molecular flexibility index (Phi) is 5.86. The topological polar surface area (TPSA) is 29.5 Å². The minimum atomic E-state index is 0.0875. The van der Waals surface area contributed by atoms with Crippen molar-refractivity contribution in [3.8, 4) is 0 Å². The summed E-state index contributed by atoms with van der Waals surface area (Å²) in [7, 11) is 1.66. The van der Waals surface area contributed by atoms with Crippen molar-refractivity contribution in [3.63, 3.8) is 0 Å². The van der Waals surface area contributed by atoms with Crippen molar-refractivity contribution in [2.75, 3.05) is 26.8 Å². The number of carbonyl (C=O) groups excluding carboxylic acids is 1. The van der Waals surface area contributed by atoms with Crippen LogP contribution in [0.4, 0.5) is 0 Å². The van der Waals surface area contributed by atoms with Crippen LogP contribution in [-0.2, 0) is 4.74 Å². The first-order valence-corrected chi connectivity index (χ1v) is 6.39. The van der Waals surface area contributed by atoms with Crippen LogP contribution >= 0.6 is 0 Å². The van der Waals surface area contributed by atoms with Crippen LogP contribution in [0.5, 0.6) is 0 Å². The average molecular weight is 249 g/mol. The summed E-state index contributed by atoms with van der Waals surface area (Å²) >= 11 is 0. The van der Waals surface area contributed by atoms with E-state index in [0.717, 1.165) is 17.7 Å². The van der Waals surface area contributed by atoms with Gasteiger partial charge in [0.1, 0.15) is 0 Å². The highest BCUT2D eigenvalue weighted by atomic mass is 16.5. The lowest BCUT2D eigenvalue weighted by Gasteiger charge is -2.24. The molecule has 0 saturated carbocycles. The Labute approximate surface area is 110 Å². The normalized spacial score (nSPS) is 10.7. The predicted octanol–water partition coefficient (Wildman–Crippen LogP) is 2.74. The molecule has 0 spiro atoms. The third-order valence-electron chi connectivity index (χ3n) is 2.70.